The molecule has 1 heterocycles. The minimum atomic E-state index is 0.790. The molecule has 0 amide bonds. The van der Waals surface area contributed by atoms with Crippen molar-refractivity contribution in [1.82, 2.24) is 9.55 Å². The van der Waals surface area contributed by atoms with Crippen molar-refractivity contribution in [1.29, 1.82) is 0 Å². The van der Waals surface area contributed by atoms with Gasteiger partial charge in [0.1, 0.15) is 5.82 Å². The largest absolute Gasteiger partial charge is 0.320 e. The van der Waals surface area contributed by atoms with Crippen LogP contribution >= 0.6 is 0 Å². The van der Waals surface area contributed by atoms with Gasteiger partial charge in [-0.2, -0.15) is 0 Å². The van der Waals surface area contributed by atoms with Gasteiger partial charge in [0.2, 0.25) is 0 Å². The third kappa shape index (κ3) is 3.24. The Bertz CT molecular complexity index is 1030. The van der Waals surface area contributed by atoms with Crippen molar-refractivity contribution in [3.05, 3.63) is 96.1 Å². The lowest BCUT2D eigenvalue weighted by atomic mass is 10.1. The number of aryl methyl sites for hydroxylation is 1. The standard InChI is InChI=1S/C23H20N2/c1-18-9-7-13-20(17-18)23-24-21-14-5-6-15-22(21)25(23)16-8-12-19-10-3-2-4-11-19/h2-15,17H,16H2,1H3/b12-8+. The highest BCUT2D eigenvalue weighted by molar-refractivity contribution is 5.80. The fourth-order valence-corrected chi connectivity index (χ4v) is 3.12. The van der Waals surface area contributed by atoms with Crippen molar-refractivity contribution < 1.29 is 0 Å². The SMILES string of the molecule is Cc1cccc(-c2nc3ccccc3n2C/C=C/c2ccccc2)c1. The molecule has 0 spiro atoms. The highest BCUT2D eigenvalue weighted by atomic mass is 15.1. The Morgan fingerprint density at radius 2 is 1.68 bits per heavy atom. The van der Waals surface area contributed by atoms with Crippen LogP contribution in [0.3, 0.4) is 0 Å². The predicted octanol–water partition coefficient (Wildman–Crippen LogP) is 5.73. The third-order valence-electron chi connectivity index (χ3n) is 4.33. The van der Waals surface area contributed by atoms with Gasteiger partial charge >= 0.3 is 0 Å². The van der Waals surface area contributed by atoms with Gasteiger partial charge in [-0.05, 0) is 30.7 Å². The maximum Gasteiger partial charge on any atom is 0.141 e. The molecular formula is C23H20N2. The first-order valence-electron chi connectivity index (χ1n) is 8.55. The zero-order chi connectivity index (χ0) is 17.1. The Kier molecular flexibility index (Phi) is 4.17. The molecule has 0 aliphatic heterocycles. The molecule has 2 heteroatoms. The van der Waals surface area contributed by atoms with Crippen LogP contribution in [-0.4, -0.2) is 9.55 Å². The molecule has 4 rings (SSSR count). The number of imidazole rings is 1. The highest BCUT2D eigenvalue weighted by Gasteiger charge is 2.11. The highest BCUT2D eigenvalue weighted by Crippen LogP contribution is 2.25. The molecular weight excluding hydrogens is 304 g/mol. The van der Waals surface area contributed by atoms with Crippen LogP contribution < -0.4 is 0 Å². The second kappa shape index (κ2) is 6.78. The van der Waals surface area contributed by atoms with Gasteiger partial charge in [0.25, 0.3) is 0 Å². The van der Waals surface area contributed by atoms with Crippen LogP contribution in [0.4, 0.5) is 0 Å². The lowest BCUT2D eigenvalue weighted by molar-refractivity contribution is 0.863. The van der Waals surface area contributed by atoms with Gasteiger partial charge in [0.15, 0.2) is 0 Å². The molecule has 0 atom stereocenters. The van der Waals surface area contributed by atoms with Crippen molar-refractivity contribution in [2.45, 2.75) is 13.5 Å². The van der Waals surface area contributed by atoms with Crippen LogP contribution in [0.15, 0.2) is 84.9 Å². The number of allylic oxidation sites excluding steroid dienone is 1. The van der Waals surface area contributed by atoms with E-state index in [4.69, 9.17) is 4.98 Å². The smallest absolute Gasteiger partial charge is 0.141 e. The molecule has 122 valence electrons. The van der Waals surface area contributed by atoms with Crippen molar-refractivity contribution >= 4 is 17.1 Å². The van der Waals surface area contributed by atoms with E-state index in [0.717, 1.165) is 29.0 Å². The van der Waals surface area contributed by atoms with E-state index in [9.17, 15) is 0 Å². The summed E-state index contributed by atoms with van der Waals surface area (Å²) in [7, 11) is 0. The van der Waals surface area contributed by atoms with Crippen LogP contribution in [-0.2, 0) is 6.54 Å². The summed E-state index contributed by atoms with van der Waals surface area (Å²) in [4.78, 5) is 4.88. The molecule has 0 fully saturated rings. The molecule has 25 heavy (non-hydrogen) atoms. The van der Waals surface area contributed by atoms with Crippen LogP contribution in [0, 0.1) is 6.92 Å². The molecule has 0 N–H and O–H groups in total. The summed E-state index contributed by atoms with van der Waals surface area (Å²) in [6.07, 6.45) is 4.36. The van der Waals surface area contributed by atoms with Gasteiger partial charge in [0, 0.05) is 12.1 Å². The average Bonchev–Trinajstić information content (AvgIpc) is 3.02. The van der Waals surface area contributed by atoms with Gasteiger partial charge in [0.05, 0.1) is 11.0 Å². The second-order valence-electron chi connectivity index (χ2n) is 6.22. The van der Waals surface area contributed by atoms with E-state index in [2.05, 4.69) is 90.4 Å². The van der Waals surface area contributed by atoms with Crippen LogP contribution in [0.5, 0.6) is 0 Å². The number of hydrogen-bond acceptors (Lipinski definition) is 1. The summed E-state index contributed by atoms with van der Waals surface area (Å²) in [5, 5.41) is 0. The zero-order valence-electron chi connectivity index (χ0n) is 14.3. The lowest BCUT2D eigenvalue weighted by Gasteiger charge is -2.07. The Labute approximate surface area is 148 Å². The lowest BCUT2D eigenvalue weighted by Crippen LogP contribution is -1.98. The number of para-hydroxylation sites is 2. The van der Waals surface area contributed by atoms with Gasteiger partial charge < -0.3 is 4.57 Å². The van der Waals surface area contributed by atoms with E-state index in [0.29, 0.717) is 0 Å². The summed E-state index contributed by atoms with van der Waals surface area (Å²) >= 11 is 0. The van der Waals surface area contributed by atoms with E-state index in [1.54, 1.807) is 0 Å². The van der Waals surface area contributed by atoms with E-state index >= 15 is 0 Å². The normalized spacial score (nSPS) is 11.4. The van der Waals surface area contributed by atoms with E-state index in [1.165, 1.54) is 11.1 Å². The number of rotatable bonds is 4. The molecule has 3 aromatic carbocycles. The number of nitrogens with zero attached hydrogens (tertiary/aromatic N) is 2. The predicted molar refractivity (Wildman–Crippen MR) is 105 cm³/mol. The van der Waals surface area contributed by atoms with Crippen LogP contribution in [0.25, 0.3) is 28.5 Å². The third-order valence-corrected chi connectivity index (χ3v) is 4.33. The van der Waals surface area contributed by atoms with Crippen LogP contribution in [0.1, 0.15) is 11.1 Å². The fraction of sp³-hybridized carbons (Fsp3) is 0.0870. The monoisotopic (exact) mass is 324 g/mol. The summed E-state index contributed by atoms with van der Waals surface area (Å²) in [6.45, 7) is 2.91. The molecule has 1 aromatic heterocycles. The molecule has 4 aromatic rings. The molecule has 0 aliphatic carbocycles. The topological polar surface area (TPSA) is 17.8 Å². The Morgan fingerprint density at radius 3 is 2.52 bits per heavy atom. The van der Waals surface area contributed by atoms with Crippen molar-refractivity contribution in [3.63, 3.8) is 0 Å². The van der Waals surface area contributed by atoms with Gasteiger partial charge in [-0.1, -0.05) is 78.4 Å². The summed E-state index contributed by atoms with van der Waals surface area (Å²) < 4.78 is 2.28. The molecule has 0 radical (unpaired) electrons. The van der Waals surface area contributed by atoms with E-state index in [1.807, 2.05) is 12.1 Å². The molecule has 0 saturated heterocycles. The number of hydrogen-bond donors (Lipinski definition) is 0. The molecule has 0 unspecified atom stereocenters. The summed E-state index contributed by atoms with van der Waals surface area (Å²) in [6, 6.07) is 27.2. The van der Waals surface area contributed by atoms with Gasteiger partial charge in [-0.25, -0.2) is 4.98 Å². The molecule has 0 saturated carbocycles. The van der Waals surface area contributed by atoms with E-state index in [-0.39, 0.29) is 0 Å². The maximum atomic E-state index is 4.88. The molecule has 2 nitrogen and oxygen atoms in total. The average molecular weight is 324 g/mol. The second-order valence-corrected chi connectivity index (χ2v) is 6.22. The first-order valence-corrected chi connectivity index (χ1v) is 8.55. The fourth-order valence-electron chi connectivity index (χ4n) is 3.12. The first kappa shape index (κ1) is 15.4. The first-order chi connectivity index (χ1) is 12.3. The number of fused-ring (bicyclic) bond motifs is 1. The van der Waals surface area contributed by atoms with Crippen molar-refractivity contribution in [2.75, 3.05) is 0 Å². The van der Waals surface area contributed by atoms with Gasteiger partial charge in [-0.15, -0.1) is 0 Å². The van der Waals surface area contributed by atoms with Gasteiger partial charge in [-0.3, -0.25) is 0 Å². The Morgan fingerprint density at radius 1 is 0.880 bits per heavy atom. The van der Waals surface area contributed by atoms with Crippen molar-refractivity contribution in [2.24, 2.45) is 0 Å². The molecule has 0 aliphatic rings. The minimum Gasteiger partial charge on any atom is -0.320 e. The Hall–Kier alpha value is -3.13. The van der Waals surface area contributed by atoms with Crippen LogP contribution in [0.2, 0.25) is 0 Å². The van der Waals surface area contributed by atoms with E-state index < -0.39 is 0 Å². The minimum absolute atomic E-state index is 0.790. The zero-order valence-corrected chi connectivity index (χ0v) is 14.3. The Balaban J connectivity index is 1.76. The maximum absolute atomic E-state index is 4.88. The van der Waals surface area contributed by atoms with Crippen molar-refractivity contribution in [3.8, 4) is 11.4 Å². The number of benzene rings is 3. The number of aromatic nitrogens is 2. The summed E-state index contributed by atoms with van der Waals surface area (Å²) in [5.41, 5.74) is 5.81. The molecule has 0 bridgehead atoms. The quantitative estimate of drug-likeness (QED) is 0.469. The summed E-state index contributed by atoms with van der Waals surface area (Å²) in [5.74, 6) is 1.02.